The van der Waals surface area contributed by atoms with Gasteiger partial charge in [0.2, 0.25) is 5.91 Å². The monoisotopic (exact) mass is 662 g/mol. The number of carboxylic acid groups (broad SMARTS) is 1. The average molecular weight is 663 g/mol. The first kappa shape index (κ1) is 36.9. The van der Waals surface area contributed by atoms with E-state index in [-0.39, 0.29) is 23.7 Å². The van der Waals surface area contributed by atoms with Gasteiger partial charge < -0.3 is 50.4 Å². The quantitative estimate of drug-likeness (QED) is 0.120. The Morgan fingerprint density at radius 3 is 2.20 bits per heavy atom. The third kappa shape index (κ3) is 10.5. The summed E-state index contributed by atoms with van der Waals surface area (Å²) in [5.41, 5.74) is 1.89. The molecule has 1 aliphatic heterocycles. The van der Waals surface area contributed by atoms with Gasteiger partial charge >= 0.3 is 5.97 Å². The fourth-order valence-electron chi connectivity index (χ4n) is 4.98. The van der Waals surface area contributed by atoms with Gasteiger partial charge in [-0.1, -0.05) is 24.3 Å². The third-order valence-corrected chi connectivity index (χ3v) is 8.56. The number of aliphatic hydroxyl groups excluding tert-OH is 3. The molecule has 0 unspecified atom stereocenters. The van der Waals surface area contributed by atoms with E-state index in [4.69, 9.17) is 9.47 Å². The number of benzene rings is 2. The van der Waals surface area contributed by atoms with Crippen LogP contribution >= 0.6 is 11.8 Å². The molecule has 2 aromatic carbocycles. The molecule has 13 nitrogen and oxygen atoms in total. The Hall–Kier alpha value is -3.53. The number of thioether (sulfide) groups is 1. The molecule has 0 aliphatic carbocycles. The van der Waals surface area contributed by atoms with Gasteiger partial charge in [-0.15, -0.1) is 0 Å². The minimum Gasteiger partial charge on any atom is -0.508 e. The van der Waals surface area contributed by atoms with Crippen molar-refractivity contribution in [2.24, 2.45) is 0 Å². The van der Waals surface area contributed by atoms with Crippen LogP contribution in [-0.4, -0.2) is 110 Å². The van der Waals surface area contributed by atoms with Crippen molar-refractivity contribution >= 4 is 35.3 Å². The lowest BCUT2D eigenvalue weighted by atomic mass is 9.88. The van der Waals surface area contributed by atoms with Crippen molar-refractivity contribution in [2.45, 2.75) is 75.8 Å². The Labute approximate surface area is 271 Å². The zero-order valence-corrected chi connectivity index (χ0v) is 26.6. The van der Waals surface area contributed by atoms with Gasteiger partial charge in [0, 0.05) is 31.9 Å². The van der Waals surface area contributed by atoms with Gasteiger partial charge in [0.05, 0.1) is 24.9 Å². The van der Waals surface area contributed by atoms with Crippen LogP contribution in [0.1, 0.15) is 49.9 Å². The maximum Gasteiger partial charge on any atom is 0.364 e. The summed E-state index contributed by atoms with van der Waals surface area (Å²) >= 11 is 1.58. The van der Waals surface area contributed by atoms with Gasteiger partial charge in [-0.05, 0) is 66.7 Å². The molecule has 252 valence electrons. The van der Waals surface area contributed by atoms with E-state index >= 15 is 0 Å². The van der Waals surface area contributed by atoms with Crippen LogP contribution in [-0.2, 0) is 23.9 Å². The number of ether oxygens (including phenoxy) is 2. The SMILES string of the molecule is CC(=O)CCCSCCCO[C@]1(C(=O)O)C[C@H](O)[C@@H](NC(C)=O)[C@H]([C@H](O)[C@H](O)CNC(=O)c2ccc(-c3ccc(O)cc3)cc2)O1. The number of phenols is 1. The van der Waals surface area contributed by atoms with Crippen LogP contribution < -0.4 is 10.6 Å². The molecule has 2 amide bonds. The van der Waals surface area contributed by atoms with E-state index in [1.54, 1.807) is 60.3 Å². The van der Waals surface area contributed by atoms with E-state index < -0.39 is 67.0 Å². The molecule has 7 N–H and O–H groups in total. The molecule has 3 rings (SSSR count). The van der Waals surface area contributed by atoms with Gasteiger partial charge in [-0.25, -0.2) is 4.79 Å². The molecule has 46 heavy (non-hydrogen) atoms. The number of phenolic OH excluding ortho intramolecular Hbond substituents is 1. The van der Waals surface area contributed by atoms with Crippen LogP contribution in [0, 0.1) is 0 Å². The number of carboxylic acids is 1. The number of aromatic hydroxyl groups is 1. The minimum absolute atomic E-state index is 0.0590. The third-order valence-electron chi connectivity index (χ3n) is 7.40. The standard InChI is InChI=1S/C32H42N2O11S/c1-19(35)5-3-15-46-16-4-14-44-32(31(42)43)17-25(38)27(34-20(2)36)29(45-32)28(40)26(39)18-33-30(41)23-8-6-21(7-9-23)22-10-12-24(37)13-11-22/h6-13,25-29,37-40H,3-5,14-18H2,1-2H3,(H,33,41)(H,34,36)(H,42,43)/t25-,26+,27+,28+,29+,32+/m0/s1. The second kappa shape index (κ2) is 17.4. The number of Topliss-reactive ketones (excluding diaryl/α,β-unsaturated/α-hetero) is 1. The highest BCUT2D eigenvalue weighted by Gasteiger charge is 2.55. The van der Waals surface area contributed by atoms with Crippen LogP contribution in [0.2, 0.25) is 0 Å². The van der Waals surface area contributed by atoms with Gasteiger partial charge in [0.1, 0.15) is 23.7 Å². The first-order valence-corrected chi connectivity index (χ1v) is 16.1. The molecule has 1 fully saturated rings. The Balaban J connectivity index is 1.63. The zero-order chi connectivity index (χ0) is 33.9. The van der Waals surface area contributed by atoms with Crippen molar-refractivity contribution in [3.63, 3.8) is 0 Å². The summed E-state index contributed by atoms with van der Waals surface area (Å²) in [4.78, 5) is 48.1. The normalized spacial score (nSPS) is 22.4. The molecule has 0 radical (unpaired) electrons. The summed E-state index contributed by atoms with van der Waals surface area (Å²) in [5.74, 6) is -3.47. The number of amides is 2. The molecule has 0 bridgehead atoms. The van der Waals surface area contributed by atoms with Crippen molar-refractivity contribution < 1.29 is 54.2 Å². The zero-order valence-electron chi connectivity index (χ0n) is 25.8. The largest absolute Gasteiger partial charge is 0.508 e. The summed E-state index contributed by atoms with van der Waals surface area (Å²) in [6.07, 6.45) is -5.60. The molecule has 0 aromatic heterocycles. The number of ketones is 1. The lowest BCUT2D eigenvalue weighted by molar-refractivity contribution is -0.310. The van der Waals surface area contributed by atoms with Crippen LogP contribution in [0.4, 0.5) is 0 Å². The number of hydrogen-bond donors (Lipinski definition) is 7. The second-order valence-electron chi connectivity index (χ2n) is 11.2. The Morgan fingerprint density at radius 1 is 1.00 bits per heavy atom. The molecule has 0 saturated carbocycles. The van der Waals surface area contributed by atoms with Crippen molar-refractivity contribution in [3.05, 3.63) is 54.1 Å². The molecular weight excluding hydrogens is 620 g/mol. The smallest absolute Gasteiger partial charge is 0.364 e. The van der Waals surface area contributed by atoms with Crippen LogP contribution in [0.5, 0.6) is 5.75 Å². The minimum atomic E-state index is -2.37. The topological polar surface area (TPSA) is 212 Å². The number of nitrogens with one attached hydrogen (secondary N) is 2. The highest BCUT2D eigenvalue weighted by Crippen LogP contribution is 2.34. The maximum absolute atomic E-state index is 12.8. The fourth-order valence-corrected chi connectivity index (χ4v) is 5.85. The predicted molar refractivity (Wildman–Crippen MR) is 169 cm³/mol. The molecule has 1 heterocycles. The Morgan fingerprint density at radius 2 is 1.61 bits per heavy atom. The Kier molecular flexibility index (Phi) is 14.0. The maximum atomic E-state index is 12.8. The number of hydrogen-bond acceptors (Lipinski definition) is 11. The molecule has 2 aromatic rings. The molecule has 6 atom stereocenters. The van der Waals surface area contributed by atoms with Gasteiger partial charge in [0.15, 0.2) is 0 Å². The van der Waals surface area contributed by atoms with E-state index in [2.05, 4.69) is 10.6 Å². The molecule has 1 aliphatic rings. The van der Waals surface area contributed by atoms with E-state index in [0.29, 0.717) is 18.6 Å². The highest BCUT2D eigenvalue weighted by atomic mass is 32.2. The van der Waals surface area contributed by atoms with E-state index in [1.165, 1.54) is 13.8 Å². The van der Waals surface area contributed by atoms with E-state index in [9.17, 15) is 44.7 Å². The lowest BCUT2D eigenvalue weighted by Gasteiger charge is -2.46. The van der Waals surface area contributed by atoms with Crippen LogP contribution in [0.25, 0.3) is 11.1 Å². The van der Waals surface area contributed by atoms with Gasteiger partial charge in [0.25, 0.3) is 11.7 Å². The summed E-state index contributed by atoms with van der Waals surface area (Å²) in [6.45, 7) is 2.17. The number of carbonyl (C=O) groups is 4. The molecule has 1 saturated heterocycles. The molecular formula is C32H42N2O11S. The predicted octanol–water partition coefficient (Wildman–Crippen LogP) is 1.46. The van der Waals surface area contributed by atoms with Crippen LogP contribution in [0.15, 0.2) is 48.5 Å². The summed E-state index contributed by atoms with van der Waals surface area (Å²) in [7, 11) is 0. The number of rotatable bonds is 17. The molecule has 14 heteroatoms. The van der Waals surface area contributed by atoms with Crippen molar-refractivity contribution in [1.82, 2.24) is 10.6 Å². The lowest BCUT2D eigenvalue weighted by Crippen LogP contribution is -2.68. The number of aliphatic hydroxyl groups is 3. The van der Waals surface area contributed by atoms with Gasteiger partial charge in [-0.3, -0.25) is 9.59 Å². The summed E-state index contributed by atoms with van der Waals surface area (Å²) in [5, 5.41) is 57.2. The summed E-state index contributed by atoms with van der Waals surface area (Å²) in [6, 6.07) is 11.8. The average Bonchev–Trinajstić information content (AvgIpc) is 3.01. The van der Waals surface area contributed by atoms with Crippen molar-refractivity contribution in [1.29, 1.82) is 0 Å². The molecule has 0 spiro atoms. The van der Waals surface area contributed by atoms with Crippen LogP contribution in [0.3, 0.4) is 0 Å². The second-order valence-corrected chi connectivity index (χ2v) is 12.4. The first-order valence-electron chi connectivity index (χ1n) is 14.9. The summed E-state index contributed by atoms with van der Waals surface area (Å²) < 4.78 is 11.4. The van der Waals surface area contributed by atoms with Gasteiger partial charge in [-0.2, -0.15) is 11.8 Å². The van der Waals surface area contributed by atoms with E-state index in [1.807, 2.05) is 0 Å². The Bertz CT molecular complexity index is 1320. The number of carbonyl (C=O) groups excluding carboxylic acids is 3. The fraction of sp³-hybridized carbons (Fsp3) is 0.500. The first-order chi connectivity index (χ1) is 21.8. The van der Waals surface area contributed by atoms with Crippen molar-refractivity contribution in [2.75, 3.05) is 24.7 Å². The van der Waals surface area contributed by atoms with E-state index in [0.717, 1.165) is 23.3 Å². The highest BCUT2D eigenvalue weighted by molar-refractivity contribution is 7.99. The van der Waals surface area contributed by atoms with Crippen molar-refractivity contribution in [3.8, 4) is 16.9 Å². The number of aliphatic carboxylic acids is 1.